The van der Waals surface area contributed by atoms with Crippen molar-refractivity contribution in [2.45, 2.75) is 26.2 Å². The summed E-state index contributed by atoms with van der Waals surface area (Å²) in [6, 6.07) is 18.5. The van der Waals surface area contributed by atoms with Gasteiger partial charge < -0.3 is 15.3 Å². The zero-order chi connectivity index (χ0) is 18.0. The Morgan fingerprint density at radius 1 is 0.680 bits per heavy atom. The Labute approximate surface area is 147 Å². The van der Waals surface area contributed by atoms with Crippen molar-refractivity contribution in [3.05, 3.63) is 88.5 Å². The highest BCUT2D eigenvalue weighted by Gasteiger charge is 2.18. The second kappa shape index (κ2) is 6.89. The normalized spacial score (nSPS) is 11.0. The van der Waals surface area contributed by atoms with E-state index in [1.165, 1.54) is 0 Å². The Bertz CT molecular complexity index is 848. The first-order valence-corrected chi connectivity index (χ1v) is 8.31. The SMILES string of the molecule is Cc1cc(C(Cc2ccccc2O)c2ccc(O)c(C)c2)ccc1O. The van der Waals surface area contributed by atoms with Crippen LogP contribution < -0.4 is 0 Å². The Kier molecular flexibility index (Phi) is 4.66. The molecule has 3 nitrogen and oxygen atoms in total. The minimum absolute atomic E-state index is 0.00639. The summed E-state index contributed by atoms with van der Waals surface area (Å²) in [4.78, 5) is 0. The van der Waals surface area contributed by atoms with E-state index in [4.69, 9.17) is 0 Å². The molecule has 0 radical (unpaired) electrons. The fraction of sp³-hybridized carbons (Fsp3) is 0.182. The van der Waals surface area contributed by atoms with E-state index in [1.54, 1.807) is 18.2 Å². The fourth-order valence-electron chi connectivity index (χ4n) is 3.12. The van der Waals surface area contributed by atoms with Crippen LogP contribution in [-0.2, 0) is 6.42 Å². The molecule has 0 amide bonds. The number of benzene rings is 3. The molecule has 0 aliphatic carbocycles. The van der Waals surface area contributed by atoms with Gasteiger partial charge in [-0.25, -0.2) is 0 Å². The standard InChI is InChI=1S/C22H22O3/c1-14-11-16(7-9-20(14)23)19(13-18-5-3-4-6-22(18)25)17-8-10-21(24)15(2)12-17/h3-12,19,23-25H,13H2,1-2H3. The highest BCUT2D eigenvalue weighted by Crippen LogP contribution is 2.34. The van der Waals surface area contributed by atoms with E-state index in [2.05, 4.69) is 0 Å². The van der Waals surface area contributed by atoms with E-state index in [9.17, 15) is 15.3 Å². The van der Waals surface area contributed by atoms with Gasteiger partial charge in [-0.3, -0.25) is 0 Å². The molecule has 0 unspecified atom stereocenters. The molecule has 128 valence electrons. The van der Waals surface area contributed by atoms with Crippen LogP contribution in [0.1, 0.15) is 33.7 Å². The van der Waals surface area contributed by atoms with Crippen LogP contribution in [0.15, 0.2) is 60.7 Å². The lowest BCUT2D eigenvalue weighted by atomic mass is 9.84. The van der Waals surface area contributed by atoms with Crippen molar-refractivity contribution in [3.63, 3.8) is 0 Å². The first-order chi connectivity index (χ1) is 12.0. The van der Waals surface area contributed by atoms with Crippen molar-refractivity contribution >= 4 is 0 Å². The summed E-state index contributed by atoms with van der Waals surface area (Å²) in [6.07, 6.45) is 0.626. The van der Waals surface area contributed by atoms with Crippen LogP contribution in [-0.4, -0.2) is 15.3 Å². The molecule has 0 aliphatic heterocycles. The molecule has 3 heteroatoms. The predicted molar refractivity (Wildman–Crippen MR) is 99.3 cm³/mol. The van der Waals surface area contributed by atoms with Gasteiger partial charge in [-0.05, 0) is 66.3 Å². The maximum Gasteiger partial charge on any atom is 0.118 e. The average molecular weight is 334 g/mol. The summed E-state index contributed by atoms with van der Waals surface area (Å²) in [6.45, 7) is 3.75. The van der Waals surface area contributed by atoms with Gasteiger partial charge in [-0.2, -0.15) is 0 Å². The molecule has 25 heavy (non-hydrogen) atoms. The molecule has 3 N–H and O–H groups in total. The van der Waals surface area contributed by atoms with E-state index in [0.717, 1.165) is 27.8 Å². The van der Waals surface area contributed by atoms with Crippen molar-refractivity contribution in [2.75, 3.05) is 0 Å². The first kappa shape index (κ1) is 16.9. The Hall–Kier alpha value is -2.94. The second-order valence-electron chi connectivity index (χ2n) is 6.48. The number of phenols is 3. The molecule has 3 aromatic rings. The Morgan fingerprint density at radius 2 is 1.20 bits per heavy atom. The summed E-state index contributed by atoms with van der Waals surface area (Å²) in [5.74, 6) is 0.823. The molecule has 0 heterocycles. The lowest BCUT2D eigenvalue weighted by Crippen LogP contribution is -2.06. The van der Waals surface area contributed by atoms with Crippen LogP contribution in [0.5, 0.6) is 17.2 Å². The van der Waals surface area contributed by atoms with Gasteiger partial charge in [0.15, 0.2) is 0 Å². The predicted octanol–water partition coefficient (Wildman–Crippen LogP) is 4.79. The molecule has 0 atom stereocenters. The van der Waals surface area contributed by atoms with Crippen molar-refractivity contribution in [1.82, 2.24) is 0 Å². The molecular formula is C22H22O3. The van der Waals surface area contributed by atoms with E-state index < -0.39 is 0 Å². The van der Waals surface area contributed by atoms with Crippen LogP contribution in [0.2, 0.25) is 0 Å². The number of hydrogen-bond acceptors (Lipinski definition) is 3. The number of phenolic OH excluding ortho intramolecular Hbond substituents is 3. The van der Waals surface area contributed by atoms with Gasteiger partial charge in [0.25, 0.3) is 0 Å². The zero-order valence-corrected chi connectivity index (χ0v) is 14.4. The largest absolute Gasteiger partial charge is 0.508 e. The second-order valence-corrected chi connectivity index (χ2v) is 6.48. The van der Waals surface area contributed by atoms with E-state index in [1.807, 2.05) is 56.3 Å². The Balaban J connectivity index is 2.08. The molecule has 0 fully saturated rings. The van der Waals surface area contributed by atoms with Crippen molar-refractivity contribution in [3.8, 4) is 17.2 Å². The molecule has 0 aromatic heterocycles. The molecule has 0 aliphatic rings. The quantitative estimate of drug-likeness (QED) is 0.642. The molecular weight excluding hydrogens is 312 g/mol. The van der Waals surface area contributed by atoms with Gasteiger partial charge >= 0.3 is 0 Å². The molecule has 0 bridgehead atoms. The number of aryl methyl sites for hydroxylation is 2. The van der Waals surface area contributed by atoms with Crippen LogP contribution in [0.4, 0.5) is 0 Å². The summed E-state index contributed by atoms with van der Waals surface area (Å²) in [5, 5.41) is 29.8. The topological polar surface area (TPSA) is 60.7 Å². The zero-order valence-electron chi connectivity index (χ0n) is 14.4. The van der Waals surface area contributed by atoms with Gasteiger partial charge in [0.1, 0.15) is 17.2 Å². The average Bonchev–Trinajstić information content (AvgIpc) is 2.59. The summed E-state index contributed by atoms with van der Waals surface area (Å²) in [5.41, 5.74) is 4.61. The number of rotatable bonds is 4. The maximum atomic E-state index is 10.2. The van der Waals surface area contributed by atoms with Crippen molar-refractivity contribution in [1.29, 1.82) is 0 Å². The minimum atomic E-state index is 0.00639. The molecule has 0 saturated carbocycles. The van der Waals surface area contributed by atoms with E-state index in [-0.39, 0.29) is 23.2 Å². The van der Waals surface area contributed by atoms with Crippen LogP contribution >= 0.6 is 0 Å². The van der Waals surface area contributed by atoms with Crippen LogP contribution in [0.25, 0.3) is 0 Å². The lowest BCUT2D eigenvalue weighted by Gasteiger charge is -2.20. The number of para-hydroxylation sites is 1. The number of aromatic hydroxyl groups is 3. The molecule has 0 saturated heterocycles. The third kappa shape index (κ3) is 3.61. The van der Waals surface area contributed by atoms with E-state index in [0.29, 0.717) is 6.42 Å². The highest BCUT2D eigenvalue weighted by atomic mass is 16.3. The molecule has 3 rings (SSSR count). The third-order valence-electron chi connectivity index (χ3n) is 4.66. The summed E-state index contributed by atoms with van der Waals surface area (Å²) < 4.78 is 0. The first-order valence-electron chi connectivity index (χ1n) is 8.31. The monoisotopic (exact) mass is 334 g/mol. The minimum Gasteiger partial charge on any atom is -0.508 e. The fourth-order valence-corrected chi connectivity index (χ4v) is 3.12. The summed E-state index contributed by atoms with van der Waals surface area (Å²) in [7, 11) is 0. The van der Waals surface area contributed by atoms with Crippen molar-refractivity contribution in [2.24, 2.45) is 0 Å². The molecule has 3 aromatic carbocycles. The van der Waals surface area contributed by atoms with Gasteiger partial charge in [0.2, 0.25) is 0 Å². The van der Waals surface area contributed by atoms with Gasteiger partial charge in [0.05, 0.1) is 0 Å². The Morgan fingerprint density at radius 3 is 1.68 bits per heavy atom. The van der Waals surface area contributed by atoms with Gasteiger partial charge in [0, 0.05) is 5.92 Å². The third-order valence-corrected chi connectivity index (χ3v) is 4.66. The molecule has 0 spiro atoms. The van der Waals surface area contributed by atoms with Gasteiger partial charge in [-0.15, -0.1) is 0 Å². The van der Waals surface area contributed by atoms with Crippen LogP contribution in [0.3, 0.4) is 0 Å². The number of hydrogen-bond donors (Lipinski definition) is 3. The highest BCUT2D eigenvalue weighted by molar-refractivity contribution is 5.45. The van der Waals surface area contributed by atoms with E-state index >= 15 is 0 Å². The van der Waals surface area contributed by atoms with Crippen LogP contribution in [0, 0.1) is 13.8 Å². The lowest BCUT2D eigenvalue weighted by molar-refractivity contribution is 0.465. The summed E-state index contributed by atoms with van der Waals surface area (Å²) >= 11 is 0. The maximum absolute atomic E-state index is 10.2. The smallest absolute Gasteiger partial charge is 0.118 e. The van der Waals surface area contributed by atoms with Crippen molar-refractivity contribution < 1.29 is 15.3 Å². The van der Waals surface area contributed by atoms with Gasteiger partial charge in [-0.1, -0.05) is 42.5 Å².